The van der Waals surface area contributed by atoms with E-state index in [1.165, 1.54) is 0 Å². The zero-order valence-corrected chi connectivity index (χ0v) is 15.5. The van der Waals surface area contributed by atoms with Crippen molar-refractivity contribution in [3.05, 3.63) is 40.4 Å². The van der Waals surface area contributed by atoms with Gasteiger partial charge in [-0.15, -0.1) is 0 Å². The van der Waals surface area contributed by atoms with Crippen LogP contribution in [0.5, 0.6) is 0 Å². The highest BCUT2D eigenvalue weighted by molar-refractivity contribution is 6.30. The van der Waals surface area contributed by atoms with E-state index in [4.69, 9.17) is 16.1 Å². The molecule has 3 aromatic rings. The lowest BCUT2D eigenvalue weighted by atomic mass is 10.1. The molecule has 7 nitrogen and oxygen atoms in total. The Labute approximate surface area is 155 Å². The number of nitrogens with one attached hydrogen (secondary N) is 1. The van der Waals surface area contributed by atoms with Crippen LogP contribution in [-0.2, 0) is 6.54 Å². The van der Waals surface area contributed by atoms with Gasteiger partial charge in [0.15, 0.2) is 0 Å². The quantitative estimate of drug-likeness (QED) is 0.716. The normalized spacial score (nSPS) is 15.3. The largest absolute Gasteiger partial charge is 0.352 e. The molecule has 8 heteroatoms. The summed E-state index contributed by atoms with van der Waals surface area (Å²) in [7, 11) is 0. The highest BCUT2D eigenvalue weighted by Gasteiger charge is 2.28. The van der Waals surface area contributed by atoms with Crippen molar-refractivity contribution in [1.82, 2.24) is 25.2 Å². The van der Waals surface area contributed by atoms with Gasteiger partial charge >= 0.3 is 0 Å². The van der Waals surface area contributed by atoms with Gasteiger partial charge in [0.1, 0.15) is 0 Å². The molecule has 0 saturated heterocycles. The van der Waals surface area contributed by atoms with Crippen molar-refractivity contribution in [3.8, 4) is 0 Å². The van der Waals surface area contributed by atoms with Crippen LogP contribution in [0.1, 0.15) is 47.4 Å². The molecule has 1 N–H and O–H groups in total. The van der Waals surface area contributed by atoms with Crippen molar-refractivity contribution in [1.29, 1.82) is 0 Å². The molecule has 0 spiro atoms. The smallest absolute Gasteiger partial charge is 0.259 e. The van der Waals surface area contributed by atoms with Crippen LogP contribution in [-0.4, -0.2) is 32.4 Å². The first kappa shape index (κ1) is 17.0. The number of fused-ring (bicyclic) bond motifs is 1. The number of nitrogens with zero attached hydrogens (tertiary/aromatic N) is 4. The summed E-state index contributed by atoms with van der Waals surface area (Å²) in [6, 6.07) is 1.89. The van der Waals surface area contributed by atoms with E-state index in [1.807, 2.05) is 13.0 Å². The minimum Gasteiger partial charge on any atom is -0.352 e. The Bertz CT molecular complexity index is 960. The predicted octanol–water partition coefficient (Wildman–Crippen LogP) is 3.32. The number of carbonyl (C=O) groups is 1. The Morgan fingerprint density at radius 1 is 1.50 bits per heavy atom. The standard InChI is InChI=1S/C18H20ClN5O2/c1-10(8-24-9-13(19)7-21-24)6-20-17(25)14-5-15(12-3-4-12)22-18-16(14)11(2)23-26-18/h5,7,9-10,12H,3-4,6,8H2,1-2H3,(H,20,25). The van der Waals surface area contributed by atoms with E-state index in [0.717, 1.165) is 18.5 Å². The third-order valence-corrected chi connectivity index (χ3v) is 4.78. The first-order chi connectivity index (χ1) is 12.5. The Kier molecular flexibility index (Phi) is 4.40. The number of rotatable bonds is 6. The molecular formula is C18H20ClN5O2. The van der Waals surface area contributed by atoms with E-state index in [9.17, 15) is 4.79 Å². The van der Waals surface area contributed by atoms with Crippen molar-refractivity contribution in [2.75, 3.05) is 6.54 Å². The summed E-state index contributed by atoms with van der Waals surface area (Å²) < 4.78 is 7.08. The summed E-state index contributed by atoms with van der Waals surface area (Å²) in [5.74, 6) is 0.509. The minimum absolute atomic E-state index is 0.129. The number of hydrogen-bond donors (Lipinski definition) is 1. The van der Waals surface area contributed by atoms with Gasteiger partial charge in [-0.2, -0.15) is 5.10 Å². The third-order valence-electron chi connectivity index (χ3n) is 4.59. The monoisotopic (exact) mass is 373 g/mol. The van der Waals surface area contributed by atoms with Gasteiger partial charge in [0.25, 0.3) is 11.6 Å². The van der Waals surface area contributed by atoms with Gasteiger partial charge in [-0.1, -0.05) is 23.7 Å². The predicted molar refractivity (Wildman–Crippen MR) is 97.3 cm³/mol. The molecule has 1 fully saturated rings. The zero-order chi connectivity index (χ0) is 18.3. The topological polar surface area (TPSA) is 85.8 Å². The van der Waals surface area contributed by atoms with E-state index in [1.54, 1.807) is 17.1 Å². The number of aromatic nitrogens is 4. The number of aryl methyl sites for hydroxylation is 1. The summed E-state index contributed by atoms with van der Waals surface area (Å²) in [5.41, 5.74) is 2.62. The molecule has 0 bridgehead atoms. The van der Waals surface area contributed by atoms with Crippen molar-refractivity contribution in [2.24, 2.45) is 5.92 Å². The third kappa shape index (κ3) is 3.44. The van der Waals surface area contributed by atoms with Gasteiger partial charge in [0, 0.05) is 30.9 Å². The van der Waals surface area contributed by atoms with Crippen LogP contribution in [0.2, 0.25) is 5.02 Å². The zero-order valence-electron chi connectivity index (χ0n) is 14.7. The van der Waals surface area contributed by atoms with E-state index < -0.39 is 0 Å². The van der Waals surface area contributed by atoms with Gasteiger partial charge in [0.2, 0.25) is 0 Å². The fourth-order valence-electron chi connectivity index (χ4n) is 3.07. The van der Waals surface area contributed by atoms with Crippen LogP contribution in [0.15, 0.2) is 23.0 Å². The number of hydrogen-bond acceptors (Lipinski definition) is 5. The van der Waals surface area contributed by atoms with Crippen molar-refractivity contribution >= 4 is 28.6 Å². The molecule has 136 valence electrons. The van der Waals surface area contributed by atoms with Gasteiger partial charge in [-0.3, -0.25) is 9.48 Å². The molecule has 0 aliphatic heterocycles. The second kappa shape index (κ2) is 6.72. The lowest BCUT2D eigenvalue weighted by molar-refractivity contribution is 0.0948. The molecule has 1 aliphatic rings. The summed E-state index contributed by atoms with van der Waals surface area (Å²) in [5, 5.41) is 12.5. The molecular weight excluding hydrogens is 354 g/mol. The molecule has 3 heterocycles. The molecule has 1 saturated carbocycles. The average Bonchev–Trinajstić information content (AvgIpc) is 3.30. The Balaban J connectivity index is 1.49. The fourth-order valence-corrected chi connectivity index (χ4v) is 3.22. The van der Waals surface area contributed by atoms with E-state index >= 15 is 0 Å². The Morgan fingerprint density at radius 2 is 2.31 bits per heavy atom. The maximum absolute atomic E-state index is 12.8. The molecule has 0 aromatic carbocycles. The van der Waals surface area contributed by atoms with Crippen molar-refractivity contribution < 1.29 is 9.32 Å². The van der Waals surface area contributed by atoms with Gasteiger partial charge in [0.05, 0.1) is 27.9 Å². The van der Waals surface area contributed by atoms with Crippen LogP contribution >= 0.6 is 11.6 Å². The fraction of sp³-hybridized carbons (Fsp3) is 0.444. The maximum atomic E-state index is 12.8. The molecule has 0 radical (unpaired) electrons. The van der Waals surface area contributed by atoms with Gasteiger partial charge in [-0.05, 0) is 31.7 Å². The molecule has 3 aromatic heterocycles. The molecule has 1 aliphatic carbocycles. The van der Waals surface area contributed by atoms with Crippen LogP contribution < -0.4 is 5.32 Å². The highest BCUT2D eigenvalue weighted by Crippen LogP contribution is 2.40. The summed E-state index contributed by atoms with van der Waals surface area (Å²) in [4.78, 5) is 17.3. The summed E-state index contributed by atoms with van der Waals surface area (Å²) >= 11 is 5.88. The number of carbonyl (C=O) groups excluding carboxylic acids is 1. The molecule has 26 heavy (non-hydrogen) atoms. The molecule has 1 atom stereocenters. The summed E-state index contributed by atoms with van der Waals surface area (Å²) in [6.07, 6.45) is 5.59. The molecule has 1 unspecified atom stereocenters. The second-order valence-corrected chi connectivity index (χ2v) is 7.45. The second-order valence-electron chi connectivity index (χ2n) is 7.01. The number of amides is 1. The van der Waals surface area contributed by atoms with Gasteiger partial charge < -0.3 is 9.84 Å². The molecule has 4 rings (SSSR count). The first-order valence-electron chi connectivity index (χ1n) is 8.74. The van der Waals surface area contributed by atoms with Crippen LogP contribution in [0.25, 0.3) is 11.1 Å². The SMILES string of the molecule is Cc1noc2nc(C3CC3)cc(C(=O)NCC(C)Cn3cc(Cl)cn3)c12. The highest BCUT2D eigenvalue weighted by atomic mass is 35.5. The number of pyridine rings is 1. The van der Waals surface area contributed by atoms with Crippen molar-refractivity contribution in [2.45, 2.75) is 39.2 Å². The van der Waals surface area contributed by atoms with E-state index in [-0.39, 0.29) is 11.8 Å². The summed E-state index contributed by atoms with van der Waals surface area (Å²) in [6.45, 7) is 5.09. The van der Waals surface area contributed by atoms with Gasteiger partial charge in [-0.25, -0.2) is 4.98 Å². The minimum atomic E-state index is -0.129. The van der Waals surface area contributed by atoms with Crippen LogP contribution in [0.4, 0.5) is 0 Å². The molecule has 1 amide bonds. The van der Waals surface area contributed by atoms with E-state index in [2.05, 4.69) is 27.5 Å². The van der Waals surface area contributed by atoms with Crippen LogP contribution in [0, 0.1) is 12.8 Å². The Morgan fingerprint density at radius 3 is 3.00 bits per heavy atom. The lowest BCUT2D eigenvalue weighted by Crippen LogP contribution is -2.30. The Hall–Kier alpha value is -2.41. The average molecular weight is 374 g/mol. The van der Waals surface area contributed by atoms with Crippen LogP contribution in [0.3, 0.4) is 0 Å². The lowest BCUT2D eigenvalue weighted by Gasteiger charge is -2.13. The first-order valence-corrected chi connectivity index (χ1v) is 9.12. The maximum Gasteiger partial charge on any atom is 0.259 e. The number of halogens is 1. The van der Waals surface area contributed by atoms with Crippen molar-refractivity contribution in [3.63, 3.8) is 0 Å². The van der Waals surface area contributed by atoms with E-state index in [0.29, 0.717) is 46.4 Å².